The third-order valence-corrected chi connectivity index (χ3v) is 5.83. The predicted octanol–water partition coefficient (Wildman–Crippen LogP) is 6.57. The maximum Gasteiger partial charge on any atom is 0.146 e. The zero-order chi connectivity index (χ0) is 17.0. The second-order valence-electron chi connectivity index (χ2n) is 5.98. The highest BCUT2D eigenvalue weighted by Gasteiger charge is 2.18. The van der Waals surface area contributed by atoms with Gasteiger partial charge in [-0.05, 0) is 52.4 Å². The summed E-state index contributed by atoms with van der Waals surface area (Å²) in [6, 6.07) is 24.8. The number of nitrogens with zero attached hydrogens (tertiary/aromatic N) is 2. The van der Waals surface area contributed by atoms with Gasteiger partial charge < -0.3 is 0 Å². The number of para-hydroxylation sites is 2. The lowest BCUT2D eigenvalue weighted by molar-refractivity contribution is 1.24. The first-order valence-electron chi connectivity index (χ1n) is 7.97. The Morgan fingerprint density at radius 2 is 1.60 bits per heavy atom. The molecule has 0 spiro atoms. The van der Waals surface area contributed by atoms with Crippen LogP contribution >= 0.6 is 34.2 Å². The summed E-state index contributed by atoms with van der Waals surface area (Å²) in [5.41, 5.74) is 5.38. The zero-order valence-electron chi connectivity index (χ0n) is 13.1. The second kappa shape index (κ2) is 5.71. The molecule has 2 aromatic heterocycles. The number of rotatable bonds is 1. The number of halogens is 2. The van der Waals surface area contributed by atoms with Gasteiger partial charge >= 0.3 is 0 Å². The van der Waals surface area contributed by atoms with Gasteiger partial charge in [0.05, 0.1) is 16.7 Å². The normalized spacial score (nSPS) is 11.6. The minimum Gasteiger partial charge on any atom is -0.291 e. The van der Waals surface area contributed by atoms with Gasteiger partial charge in [-0.25, -0.2) is 4.98 Å². The number of imidazole rings is 1. The first-order chi connectivity index (χ1) is 12.2. The molecule has 4 heteroatoms. The van der Waals surface area contributed by atoms with E-state index in [1.807, 2.05) is 24.3 Å². The minimum atomic E-state index is 0.727. The van der Waals surface area contributed by atoms with Crippen molar-refractivity contribution in [2.75, 3.05) is 0 Å². The van der Waals surface area contributed by atoms with E-state index in [1.165, 1.54) is 20.2 Å². The summed E-state index contributed by atoms with van der Waals surface area (Å²) >= 11 is 8.73. The maximum absolute atomic E-state index is 6.29. The Hall–Kier alpha value is -2.11. The van der Waals surface area contributed by atoms with Crippen molar-refractivity contribution in [3.63, 3.8) is 0 Å². The number of hydrogen-bond acceptors (Lipinski definition) is 1. The topological polar surface area (TPSA) is 17.3 Å². The van der Waals surface area contributed by atoms with Crippen molar-refractivity contribution in [2.24, 2.45) is 0 Å². The van der Waals surface area contributed by atoms with Crippen LogP contribution in [0.15, 0.2) is 72.8 Å². The summed E-state index contributed by atoms with van der Waals surface area (Å²) < 4.78 is 3.46. The first kappa shape index (κ1) is 15.2. The van der Waals surface area contributed by atoms with E-state index < -0.39 is 0 Å². The molecule has 0 aliphatic rings. The number of aromatic nitrogens is 2. The van der Waals surface area contributed by atoms with Crippen LogP contribution in [0, 0.1) is 3.57 Å². The molecule has 0 atom stereocenters. The van der Waals surface area contributed by atoms with Gasteiger partial charge in [-0.15, -0.1) is 0 Å². The Morgan fingerprint density at radius 1 is 0.840 bits per heavy atom. The summed E-state index contributed by atoms with van der Waals surface area (Å²) in [5.74, 6) is 0. The fourth-order valence-electron chi connectivity index (χ4n) is 3.40. The molecule has 0 radical (unpaired) electrons. The van der Waals surface area contributed by atoms with E-state index in [4.69, 9.17) is 16.6 Å². The lowest BCUT2D eigenvalue weighted by atomic mass is 10.1. The van der Waals surface area contributed by atoms with Crippen LogP contribution in [-0.4, -0.2) is 9.38 Å². The molecule has 0 aliphatic carbocycles. The summed E-state index contributed by atoms with van der Waals surface area (Å²) in [6.45, 7) is 0. The van der Waals surface area contributed by atoms with Crippen molar-refractivity contribution in [1.29, 1.82) is 0 Å². The van der Waals surface area contributed by atoms with Crippen molar-refractivity contribution < 1.29 is 0 Å². The Morgan fingerprint density at radius 3 is 2.44 bits per heavy atom. The number of fused-ring (bicyclic) bond motifs is 5. The zero-order valence-corrected chi connectivity index (χ0v) is 16.0. The average Bonchev–Trinajstić information content (AvgIpc) is 3.02. The smallest absolute Gasteiger partial charge is 0.146 e. The molecule has 0 aliphatic heterocycles. The van der Waals surface area contributed by atoms with Gasteiger partial charge in [0, 0.05) is 19.4 Å². The van der Waals surface area contributed by atoms with Crippen LogP contribution in [0.25, 0.3) is 38.7 Å². The molecule has 5 rings (SSSR count). The molecule has 0 unspecified atom stereocenters. The van der Waals surface area contributed by atoms with Crippen molar-refractivity contribution in [2.45, 2.75) is 0 Å². The van der Waals surface area contributed by atoms with Crippen LogP contribution in [0.4, 0.5) is 0 Å². The molecule has 0 fully saturated rings. The third-order valence-electron chi connectivity index (χ3n) is 4.50. The van der Waals surface area contributed by atoms with E-state index >= 15 is 0 Å². The van der Waals surface area contributed by atoms with Gasteiger partial charge in [0.1, 0.15) is 5.65 Å². The van der Waals surface area contributed by atoms with E-state index in [2.05, 4.69) is 75.5 Å². The van der Waals surface area contributed by atoms with Crippen molar-refractivity contribution in [3.8, 4) is 11.3 Å². The highest BCUT2D eigenvalue weighted by Crippen LogP contribution is 2.37. The van der Waals surface area contributed by atoms with Gasteiger partial charge in [-0.1, -0.05) is 60.1 Å². The minimum absolute atomic E-state index is 0.727. The SMILES string of the molecule is Clc1ccc2c(I)c(-c3ccccc3)n3c4ccccc4nc3c2c1. The van der Waals surface area contributed by atoms with Crippen LogP contribution in [0.2, 0.25) is 5.02 Å². The lowest BCUT2D eigenvalue weighted by Gasteiger charge is -2.13. The van der Waals surface area contributed by atoms with Crippen molar-refractivity contribution >= 4 is 61.6 Å². The number of pyridine rings is 1. The van der Waals surface area contributed by atoms with E-state index in [-0.39, 0.29) is 0 Å². The largest absolute Gasteiger partial charge is 0.291 e. The van der Waals surface area contributed by atoms with Gasteiger partial charge in [-0.3, -0.25) is 4.40 Å². The molecule has 0 saturated heterocycles. The van der Waals surface area contributed by atoms with E-state index in [0.717, 1.165) is 27.1 Å². The Kier molecular flexibility index (Phi) is 3.47. The first-order valence-corrected chi connectivity index (χ1v) is 9.43. The number of benzene rings is 3. The third kappa shape index (κ3) is 2.26. The van der Waals surface area contributed by atoms with Crippen LogP contribution in [0.1, 0.15) is 0 Å². The molecule has 2 heterocycles. The summed E-state index contributed by atoms with van der Waals surface area (Å²) in [7, 11) is 0. The van der Waals surface area contributed by atoms with Crippen LogP contribution in [0.5, 0.6) is 0 Å². The van der Waals surface area contributed by atoms with Crippen molar-refractivity contribution in [1.82, 2.24) is 9.38 Å². The fraction of sp³-hybridized carbons (Fsp3) is 0. The maximum atomic E-state index is 6.29. The van der Waals surface area contributed by atoms with Crippen molar-refractivity contribution in [3.05, 3.63) is 81.4 Å². The fourth-order valence-corrected chi connectivity index (χ4v) is 4.60. The molecule has 0 saturated carbocycles. The lowest BCUT2D eigenvalue weighted by Crippen LogP contribution is -1.98. The molecule has 0 N–H and O–H groups in total. The molecule has 0 bridgehead atoms. The second-order valence-corrected chi connectivity index (χ2v) is 7.49. The Balaban J connectivity index is 2.10. The summed E-state index contributed by atoms with van der Waals surface area (Å²) in [5, 5.41) is 2.98. The molecule has 120 valence electrons. The van der Waals surface area contributed by atoms with Crippen LogP contribution < -0.4 is 0 Å². The van der Waals surface area contributed by atoms with Gasteiger partial charge in [0.15, 0.2) is 0 Å². The molecular weight excluding hydrogens is 443 g/mol. The van der Waals surface area contributed by atoms with Gasteiger partial charge in [-0.2, -0.15) is 0 Å². The standard InChI is InChI=1S/C21H12ClIN2/c22-14-10-11-15-16(12-14)21-24-17-8-4-5-9-18(17)25(21)20(19(15)23)13-6-2-1-3-7-13/h1-12H. The Labute approximate surface area is 163 Å². The molecular formula is C21H12ClIN2. The van der Waals surface area contributed by atoms with E-state index in [1.54, 1.807) is 0 Å². The highest BCUT2D eigenvalue weighted by molar-refractivity contribution is 14.1. The van der Waals surface area contributed by atoms with E-state index in [0.29, 0.717) is 0 Å². The summed E-state index contributed by atoms with van der Waals surface area (Å²) in [4.78, 5) is 4.91. The summed E-state index contributed by atoms with van der Waals surface area (Å²) in [6.07, 6.45) is 0. The van der Waals surface area contributed by atoms with Gasteiger partial charge in [0.2, 0.25) is 0 Å². The molecule has 2 nitrogen and oxygen atoms in total. The predicted molar refractivity (Wildman–Crippen MR) is 113 cm³/mol. The van der Waals surface area contributed by atoms with Gasteiger partial charge in [0.25, 0.3) is 0 Å². The Bertz CT molecular complexity index is 1260. The van der Waals surface area contributed by atoms with Crippen LogP contribution in [0.3, 0.4) is 0 Å². The average molecular weight is 455 g/mol. The highest BCUT2D eigenvalue weighted by atomic mass is 127. The monoisotopic (exact) mass is 454 g/mol. The molecule has 0 amide bonds. The molecule has 3 aromatic carbocycles. The number of hydrogen-bond donors (Lipinski definition) is 0. The van der Waals surface area contributed by atoms with E-state index in [9.17, 15) is 0 Å². The quantitative estimate of drug-likeness (QED) is 0.262. The molecule has 25 heavy (non-hydrogen) atoms. The molecule has 5 aromatic rings. The van der Waals surface area contributed by atoms with Crippen LogP contribution in [-0.2, 0) is 0 Å².